The van der Waals surface area contributed by atoms with Crippen LogP contribution in [0.3, 0.4) is 0 Å². The van der Waals surface area contributed by atoms with Gasteiger partial charge >= 0.3 is 0 Å². The molecular weight excluding hydrogens is 403 g/mol. The summed E-state index contributed by atoms with van der Waals surface area (Å²) < 4.78 is 22.7. The molecule has 0 saturated heterocycles. The molecule has 1 heterocycles. The number of guanidine groups is 1. The van der Waals surface area contributed by atoms with Crippen molar-refractivity contribution in [2.45, 2.75) is 13.3 Å². The molecule has 0 aliphatic rings. The van der Waals surface area contributed by atoms with Gasteiger partial charge in [-0.1, -0.05) is 13.0 Å². The molecule has 1 aromatic rings. The largest absolute Gasteiger partial charge is 0.356 e. The Bertz CT molecular complexity index is 520. The van der Waals surface area contributed by atoms with E-state index in [0.29, 0.717) is 19.0 Å². The van der Waals surface area contributed by atoms with Crippen LogP contribution in [0.4, 0.5) is 0 Å². The fraction of sp³-hybridized carbons (Fsp3) is 0.538. The van der Waals surface area contributed by atoms with Gasteiger partial charge in [0.05, 0.1) is 5.75 Å². The van der Waals surface area contributed by atoms with Gasteiger partial charge in [0.15, 0.2) is 15.8 Å². The summed E-state index contributed by atoms with van der Waals surface area (Å²) in [7, 11) is -1.28. The van der Waals surface area contributed by atoms with Crippen LogP contribution in [-0.2, 0) is 16.3 Å². The number of sulfone groups is 1. The van der Waals surface area contributed by atoms with Gasteiger partial charge in [0.1, 0.15) is 0 Å². The number of aromatic nitrogens is 1. The van der Waals surface area contributed by atoms with E-state index in [4.69, 9.17) is 0 Å². The molecule has 0 bridgehead atoms. The molecule has 0 unspecified atom stereocenters. The second-order valence-corrected chi connectivity index (χ2v) is 6.71. The van der Waals surface area contributed by atoms with E-state index in [-0.39, 0.29) is 35.5 Å². The predicted octanol–water partition coefficient (Wildman–Crippen LogP) is 0.842. The third-order valence-corrected chi connectivity index (χ3v) is 4.47. The molecule has 0 atom stereocenters. The average molecular weight is 426 g/mol. The summed E-state index contributed by atoms with van der Waals surface area (Å²) in [6, 6.07) is 5.79. The summed E-state index contributed by atoms with van der Waals surface area (Å²) in [6.07, 6.45) is 2.55. The summed E-state index contributed by atoms with van der Waals surface area (Å²) >= 11 is 0. The average Bonchev–Trinajstić information content (AvgIpc) is 2.46. The Balaban J connectivity index is 0.00000400. The quantitative estimate of drug-likeness (QED) is 0.384. The van der Waals surface area contributed by atoms with E-state index in [2.05, 4.69) is 20.6 Å². The molecule has 0 aliphatic heterocycles. The zero-order valence-corrected chi connectivity index (χ0v) is 15.5. The topological polar surface area (TPSA) is 83.5 Å². The van der Waals surface area contributed by atoms with Crippen LogP contribution in [0, 0.1) is 0 Å². The highest BCUT2D eigenvalue weighted by atomic mass is 127. The lowest BCUT2D eigenvalue weighted by molar-refractivity contribution is 0.595. The Morgan fingerprint density at radius 1 is 1.29 bits per heavy atom. The molecular formula is C13H23IN4O2S. The lowest BCUT2D eigenvalue weighted by Crippen LogP contribution is -2.40. The van der Waals surface area contributed by atoms with E-state index in [9.17, 15) is 8.42 Å². The maximum atomic E-state index is 11.4. The first-order valence-corrected chi connectivity index (χ1v) is 8.44. The number of nitrogens with one attached hydrogen (secondary N) is 2. The van der Waals surface area contributed by atoms with E-state index in [0.717, 1.165) is 12.1 Å². The van der Waals surface area contributed by atoms with Crippen LogP contribution in [0.2, 0.25) is 0 Å². The molecule has 0 aromatic carbocycles. The lowest BCUT2D eigenvalue weighted by atomic mass is 10.3. The van der Waals surface area contributed by atoms with Crippen LogP contribution in [0.15, 0.2) is 29.4 Å². The monoisotopic (exact) mass is 426 g/mol. The number of aliphatic imine (C=N–C) groups is 1. The van der Waals surface area contributed by atoms with Crippen molar-refractivity contribution >= 4 is 39.8 Å². The van der Waals surface area contributed by atoms with Gasteiger partial charge in [-0.2, -0.15) is 0 Å². The Labute approximate surface area is 143 Å². The van der Waals surface area contributed by atoms with Crippen LogP contribution < -0.4 is 10.6 Å². The molecule has 0 spiro atoms. The fourth-order valence-electron chi connectivity index (χ4n) is 1.54. The first-order valence-electron chi connectivity index (χ1n) is 6.62. The van der Waals surface area contributed by atoms with Crippen molar-refractivity contribution in [3.63, 3.8) is 0 Å². The third-order valence-electron chi connectivity index (χ3n) is 2.77. The summed E-state index contributed by atoms with van der Waals surface area (Å²) in [4.78, 5) is 8.27. The van der Waals surface area contributed by atoms with Crippen LogP contribution in [0.1, 0.15) is 12.6 Å². The number of hydrogen-bond acceptors (Lipinski definition) is 4. The van der Waals surface area contributed by atoms with Gasteiger partial charge < -0.3 is 10.6 Å². The highest BCUT2D eigenvalue weighted by molar-refractivity contribution is 14.0. The lowest BCUT2D eigenvalue weighted by Gasteiger charge is -2.11. The van der Waals surface area contributed by atoms with Crippen LogP contribution in [-0.4, -0.2) is 51.0 Å². The smallest absolute Gasteiger partial charge is 0.191 e. The predicted molar refractivity (Wildman–Crippen MR) is 97.0 cm³/mol. The highest BCUT2D eigenvalue weighted by Gasteiger charge is 2.07. The van der Waals surface area contributed by atoms with Gasteiger partial charge in [-0.3, -0.25) is 9.98 Å². The van der Waals surface area contributed by atoms with Crippen molar-refractivity contribution in [3.05, 3.63) is 30.1 Å². The van der Waals surface area contributed by atoms with E-state index in [1.54, 1.807) is 20.2 Å². The van der Waals surface area contributed by atoms with Crippen molar-refractivity contribution < 1.29 is 8.42 Å². The second-order valence-electron chi connectivity index (χ2n) is 4.23. The number of nitrogens with zero attached hydrogens (tertiary/aromatic N) is 2. The van der Waals surface area contributed by atoms with Crippen LogP contribution in [0.5, 0.6) is 0 Å². The normalized spacial score (nSPS) is 11.6. The molecule has 1 rings (SSSR count). The SMILES string of the molecule is CCS(=O)(=O)CCNC(=NC)NCCc1ccccn1.I. The molecule has 21 heavy (non-hydrogen) atoms. The Kier molecular flexibility index (Phi) is 10.3. The maximum Gasteiger partial charge on any atom is 0.191 e. The van der Waals surface area contributed by atoms with Crippen molar-refractivity contribution in [1.82, 2.24) is 15.6 Å². The summed E-state index contributed by atoms with van der Waals surface area (Å²) in [5.74, 6) is 0.886. The molecule has 0 amide bonds. The zero-order valence-electron chi connectivity index (χ0n) is 12.4. The standard InChI is InChI=1S/C13H22N4O2S.HI/c1-3-20(18,19)11-10-17-13(14-2)16-9-7-12-6-4-5-8-15-12;/h4-6,8H,3,7,9-11H2,1-2H3,(H2,14,16,17);1H. The molecule has 0 saturated carbocycles. The number of halogens is 1. The van der Waals surface area contributed by atoms with E-state index < -0.39 is 9.84 Å². The minimum Gasteiger partial charge on any atom is -0.356 e. The van der Waals surface area contributed by atoms with Gasteiger partial charge in [0.25, 0.3) is 0 Å². The van der Waals surface area contributed by atoms with Crippen LogP contribution >= 0.6 is 24.0 Å². The zero-order chi connectivity index (χ0) is 14.8. The maximum absolute atomic E-state index is 11.4. The van der Waals surface area contributed by atoms with Gasteiger partial charge in [0.2, 0.25) is 0 Å². The molecule has 6 nitrogen and oxygen atoms in total. The minimum absolute atomic E-state index is 0. The highest BCUT2D eigenvalue weighted by Crippen LogP contribution is 1.93. The molecule has 0 aliphatic carbocycles. The summed E-state index contributed by atoms with van der Waals surface area (Å²) in [5.41, 5.74) is 1.00. The van der Waals surface area contributed by atoms with E-state index >= 15 is 0 Å². The first kappa shape index (κ1) is 20.1. The van der Waals surface area contributed by atoms with Crippen molar-refractivity contribution in [2.75, 3.05) is 31.6 Å². The summed E-state index contributed by atoms with van der Waals surface area (Å²) in [5, 5.41) is 6.11. The van der Waals surface area contributed by atoms with Gasteiger partial charge in [-0.05, 0) is 12.1 Å². The molecule has 1 aromatic heterocycles. The number of pyridine rings is 1. The third kappa shape index (κ3) is 8.86. The van der Waals surface area contributed by atoms with Gasteiger partial charge in [0, 0.05) is 44.2 Å². The first-order chi connectivity index (χ1) is 9.57. The second kappa shape index (κ2) is 10.8. The molecule has 0 fully saturated rings. The number of hydrogen-bond donors (Lipinski definition) is 2. The van der Waals surface area contributed by atoms with E-state index in [1.165, 1.54) is 0 Å². The van der Waals surface area contributed by atoms with Crippen molar-refractivity contribution in [2.24, 2.45) is 4.99 Å². The van der Waals surface area contributed by atoms with Gasteiger partial charge in [-0.25, -0.2) is 8.42 Å². The Hall–Kier alpha value is -0.900. The van der Waals surface area contributed by atoms with E-state index in [1.807, 2.05) is 18.2 Å². The Morgan fingerprint density at radius 2 is 2.00 bits per heavy atom. The van der Waals surface area contributed by atoms with Gasteiger partial charge in [-0.15, -0.1) is 24.0 Å². The van der Waals surface area contributed by atoms with Crippen molar-refractivity contribution in [1.29, 1.82) is 0 Å². The Morgan fingerprint density at radius 3 is 2.57 bits per heavy atom. The summed E-state index contributed by atoms with van der Waals surface area (Å²) in [6.45, 7) is 2.70. The molecule has 120 valence electrons. The molecule has 8 heteroatoms. The van der Waals surface area contributed by atoms with Crippen LogP contribution in [0.25, 0.3) is 0 Å². The minimum atomic E-state index is -2.94. The number of rotatable bonds is 7. The molecule has 0 radical (unpaired) electrons. The molecule has 2 N–H and O–H groups in total. The van der Waals surface area contributed by atoms with Crippen molar-refractivity contribution in [3.8, 4) is 0 Å². The fourth-order valence-corrected chi connectivity index (χ4v) is 2.25.